The van der Waals surface area contributed by atoms with E-state index in [4.69, 9.17) is 50.0 Å². The molecule has 2 N–H and O–H groups in total. The number of aromatic nitrogens is 1. The molecule has 5 nitrogen and oxygen atoms in total. The molecule has 0 spiro atoms. The van der Waals surface area contributed by atoms with Crippen molar-refractivity contribution < 1.29 is 14.3 Å². The van der Waals surface area contributed by atoms with Crippen LogP contribution in [0, 0.1) is 6.92 Å². The molecule has 0 amide bonds. The van der Waals surface area contributed by atoms with Crippen LogP contribution in [0.4, 0.5) is 5.69 Å². The lowest BCUT2D eigenvalue weighted by Crippen LogP contribution is -2.15. The minimum absolute atomic E-state index is 0.00361. The van der Waals surface area contributed by atoms with E-state index in [2.05, 4.69) is 4.98 Å². The lowest BCUT2D eigenvalue weighted by Gasteiger charge is -2.11. The summed E-state index contributed by atoms with van der Waals surface area (Å²) < 4.78 is 10.6. The number of para-hydroxylation sites is 1. The number of hydrogen-bond donors (Lipinski definition) is 1. The van der Waals surface area contributed by atoms with E-state index in [0.29, 0.717) is 0 Å². The third-order valence-corrected chi connectivity index (χ3v) is 4.07. The van der Waals surface area contributed by atoms with E-state index >= 15 is 0 Å². The Balaban J connectivity index is 1.95. The summed E-state index contributed by atoms with van der Waals surface area (Å²) in [6.07, 6.45) is 0. The summed E-state index contributed by atoms with van der Waals surface area (Å²) in [6, 6.07) is 7.51. The summed E-state index contributed by atoms with van der Waals surface area (Å²) in [4.78, 5) is 15.8. The van der Waals surface area contributed by atoms with Gasteiger partial charge in [0, 0.05) is 0 Å². The number of ether oxygens (including phenoxy) is 2. The molecule has 23 heavy (non-hydrogen) atoms. The van der Waals surface area contributed by atoms with Crippen molar-refractivity contribution in [3.63, 3.8) is 0 Å². The second-order valence-electron chi connectivity index (χ2n) is 4.54. The van der Waals surface area contributed by atoms with Gasteiger partial charge in [0.15, 0.2) is 10.8 Å². The second-order valence-corrected chi connectivity index (χ2v) is 5.66. The fourth-order valence-electron chi connectivity index (χ4n) is 1.74. The minimum atomic E-state index is -0.756. The molecule has 2 aromatic rings. The number of rotatable bonds is 5. The van der Waals surface area contributed by atoms with Crippen molar-refractivity contribution in [1.29, 1.82) is 0 Å². The molecule has 1 aromatic carbocycles. The Bertz CT molecular complexity index is 738. The van der Waals surface area contributed by atoms with E-state index in [1.54, 1.807) is 0 Å². The zero-order valence-electron chi connectivity index (χ0n) is 12.1. The van der Waals surface area contributed by atoms with E-state index in [1.165, 1.54) is 0 Å². The zero-order valence-corrected chi connectivity index (χ0v) is 14.4. The van der Waals surface area contributed by atoms with Crippen LogP contribution in [-0.2, 0) is 4.74 Å². The van der Waals surface area contributed by atoms with E-state index in [9.17, 15) is 4.79 Å². The number of carbonyl (C=O) groups is 1. The first-order valence-electron chi connectivity index (χ1n) is 6.57. The summed E-state index contributed by atoms with van der Waals surface area (Å²) in [7, 11) is 0. The van der Waals surface area contributed by atoms with Gasteiger partial charge in [-0.3, -0.25) is 0 Å². The molecule has 0 aliphatic heterocycles. The van der Waals surface area contributed by atoms with E-state index < -0.39 is 5.97 Å². The van der Waals surface area contributed by atoms with E-state index in [-0.39, 0.29) is 39.8 Å². The molecule has 0 unspecified atom stereocenters. The van der Waals surface area contributed by atoms with Crippen LogP contribution in [0.2, 0.25) is 15.2 Å². The fourth-order valence-corrected chi connectivity index (χ4v) is 2.32. The van der Waals surface area contributed by atoms with Crippen LogP contribution in [0.25, 0.3) is 0 Å². The molecule has 2 rings (SSSR count). The van der Waals surface area contributed by atoms with Crippen LogP contribution < -0.4 is 10.5 Å². The van der Waals surface area contributed by atoms with Gasteiger partial charge in [-0.05, 0) is 18.6 Å². The highest BCUT2D eigenvalue weighted by molar-refractivity contribution is 6.46. The standard InChI is InChI=1S/C15H13Cl3N2O3/c1-8-4-2-3-5-9(8)22-6-7-23-15(21)13-10(16)12(19)11(17)14(18)20-13/h2-5H,6-7H2,1H3,(H2,19,20). The van der Waals surface area contributed by atoms with Crippen LogP contribution in [0.5, 0.6) is 5.75 Å². The number of carbonyl (C=O) groups excluding carboxylic acids is 1. The van der Waals surface area contributed by atoms with Gasteiger partial charge in [-0.1, -0.05) is 53.0 Å². The first-order chi connectivity index (χ1) is 10.9. The van der Waals surface area contributed by atoms with Gasteiger partial charge in [0.05, 0.1) is 10.7 Å². The number of hydrogen-bond acceptors (Lipinski definition) is 5. The minimum Gasteiger partial charge on any atom is -0.490 e. The number of nitrogen functional groups attached to an aromatic ring is 1. The number of esters is 1. The Kier molecular flexibility index (Phi) is 5.93. The zero-order chi connectivity index (χ0) is 17.0. The third-order valence-electron chi connectivity index (χ3n) is 2.93. The van der Waals surface area contributed by atoms with Gasteiger partial charge in [-0.25, -0.2) is 9.78 Å². The van der Waals surface area contributed by atoms with Gasteiger partial charge in [0.2, 0.25) is 0 Å². The van der Waals surface area contributed by atoms with E-state index in [1.807, 2.05) is 31.2 Å². The molecule has 0 radical (unpaired) electrons. The van der Waals surface area contributed by atoms with Gasteiger partial charge in [0.25, 0.3) is 0 Å². The highest BCUT2D eigenvalue weighted by Gasteiger charge is 2.20. The van der Waals surface area contributed by atoms with Crippen molar-refractivity contribution in [2.24, 2.45) is 0 Å². The Morgan fingerprint density at radius 3 is 2.57 bits per heavy atom. The number of halogens is 3. The number of aryl methyl sites for hydroxylation is 1. The van der Waals surface area contributed by atoms with Gasteiger partial charge in [0.1, 0.15) is 24.0 Å². The highest BCUT2D eigenvalue weighted by atomic mass is 35.5. The second kappa shape index (κ2) is 7.73. The highest BCUT2D eigenvalue weighted by Crippen LogP contribution is 2.34. The average molecular weight is 376 g/mol. The van der Waals surface area contributed by atoms with Crippen molar-refractivity contribution in [3.8, 4) is 5.75 Å². The van der Waals surface area contributed by atoms with Crippen molar-refractivity contribution in [2.45, 2.75) is 6.92 Å². The molecule has 0 saturated carbocycles. The topological polar surface area (TPSA) is 74.4 Å². The Morgan fingerprint density at radius 1 is 1.17 bits per heavy atom. The summed E-state index contributed by atoms with van der Waals surface area (Å²) in [5.41, 5.74) is 6.43. The SMILES string of the molecule is Cc1ccccc1OCCOC(=O)c1nc(Cl)c(Cl)c(N)c1Cl. The first kappa shape index (κ1) is 17.7. The maximum absolute atomic E-state index is 12.0. The maximum Gasteiger partial charge on any atom is 0.358 e. The van der Waals surface area contributed by atoms with Crippen LogP contribution >= 0.6 is 34.8 Å². The van der Waals surface area contributed by atoms with Crippen LogP contribution in [0.1, 0.15) is 16.1 Å². The fraction of sp³-hybridized carbons (Fsp3) is 0.200. The van der Waals surface area contributed by atoms with Crippen molar-refractivity contribution >= 4 is 46.5 Å². The average Bonchev–Trinajstić information content (AvgIpc) is 2.54. The number of benzene rings is 1. The molecular formula is C15H13Cl3N2O3. The molecule has 0 atom stereocenters. The number of anilines is 1. The molecule has 122 valence electrons. The van der Waals surface area contributed by atoms with Crippen molar-refractivity contribution in [2.75, 3.05) is 18.9 Å². The first-order valence-corrected chi connectivity index (χ1v) is 7.70. The Labute approximate surface area is 148 Å². The molecule has 1 aromatic heterocycles. The number of pyridine rings is 1. The molecule has 8 heteroatoms. The van der Waals surface area contributed by atoms with Crippen molar-refractivity contribution in [1.82, 2.24) is 4.98 Å². The number of nitrogens with zero attached hydrogens (tertiary/aromatic N) is 1. The van der Waals surface area contributed by atoms with E-state index in [0.717, 1.165) is 11.3 Å². The third kappa shape index (κ3) is 4.19. The van der Waals surface area contributed by atoms with Crippen molar-refractivity contribution in [3.05, 3.63) is 50.7 Å². The van der Waals surface area contributed by atoms with Gasteiger partial charge >= 0.3 is 5.97 Å². The maximum atomic E-state index is 12.0. The van der Waals surface area contributed by atoms with Gasteiger partial charge < -0.3 is 15.2 Å². The number of nitrogens with two attached hydrogens (primary N) is 1. The van der Waals surface area contributed by atoms with Gasteiger partial charge in [-0.15, -0.1) is 0 Å². The van der Waals surface area contributed by atoms with Crippen LogP contribution in [0.15, 0.2) is 24.3 Å². The molecule has 1 heterocycles. The normalized spacial score (nSPS) is 10.4. The predicted octanol–water partition coefficient (Wildman–Crippen LogP) is 4.17. The Hall–Kier alpha value is -1.69. The quantitative estimate of drug-likeness (QED) is 0.482. The Morgan fingerprint density at radius 2 is 1.87 bits per heavy atom. The molecule has 0 fully saturated rings. The lowest BCUT2D eigenvalue weighted by atomic mass is 10.2. The molecule has 0 saturated heterocycles. The smallest absolute Gasteiger partial charge is 0.358 e. The molecule has 0 aliphatic carbocycles. The van der Waals surface area contributed by atoms with Crippen LogP contribution in [-0.4, -0.2) is 24.2 Å². The monoisotopic (exact) mass is 374 g/mol. The summed E-state index contributed by atoms with van der Waals surface area (Å²) in [5, 5.41) is -0.211. The molecule has 0 aliphatic rings. The predicted molar refractivity (Wildman–Crippen MR) is 90.6 cm³/mol. The van der Waals surface area contributed by atoms with Gasteiger partial charge in [-0.2, -0.15) is 0 Å². The summed E-state index contributed by atoms with van der Waals surface area (Å²) in [6.45, 7) is 2.12. The largest absolute Gasteiger partial charge is 0.490 e. The molecule has 0 bridgehead atoms. The lowest BCUT2D eigenvalue weighted by molar-refractivity contribution is 0.0443. The van der Waals surface area contributed by atoms with Crippen LogP contribution in [0.3, 0.4) is 0 Å². The summed E-state index contributed by atoms with van der Waals surface area (Å²) in [5.74, 6) is -0.0351. The molecular weight excluding hydrogens is 363 g/mol. The summed E-state index contributed by atoms with van der Waals surface area (Å²) >= 11 is 17.5.